The van der Waals surface area contributed by atoms with Crippen molar-refractivity contribution in [2.24, 2.45) is 5.92 Å². The van der Waals surface area contributed by atoms with Crippen LogP contribution in [0.2, 0.25) is 0 Å². The van der Waals surface area contributed by atoms with E-state index in [1.807, 2.05) is 6.08 Å². The third kappa shape index (κ3) is 0.496. The van der Waals surface area contributed by atoms with Crippen LogP contribution in [0.1, 0.15) is 0 Å². The molecule has 0 aromatic rings. The quantitative estimate of drug-likeness (QED) is 0.442. The van der Waals surface area contributed by atoms with Crippen molar-refractivity contribution in [2.45, 2.75) is 0 Å². The Morgan fingerprint density at radius 2 is 2.57 bits per heavy atom. The molecule has 1 aliphatic rings. The van der Waals surface area contributed by atoms with Gasteiger partial charge in [0.25, 0.3) is 0 Å². The van der Waals surface area contributed by atoms with Crippen molar-refractivity contribution in [3.63, 3.8) is 0 Å². The van der Waals surface area contributed by atoms with E-state index in [0.29, 0.717) is 0 Å². The molecule has 0 amide bonds. The Bertz CT molecular complexity index is 133. The molecule has 1 aliphatic carbocycles. The van der Waals surface area contributed by atoms with Gasteiger partial charge in [-0.1, -0.05) is 12.2 Å². The molecular formula is C6H6O. The summed E-state index contributed by atoms with van der Waals surface area (Å²) in [6.07, 6.45) is 5.03. The largest absolute Gasteiger partial charge is 0.294 e. The van der Waals surface area contributed by atoms with Crippen LogP contribution < -0.4 is 0 Å². The lowest BCUT2D eigenvalue weighted by Crippen LogP contribution is -2.14. The summed E-state index contributed by atoms with van der Waals surface area (Å²) < 4.78 is 0. The highest BCUT2D eigenvalue weighted by Crippen LogP contribution is 2.11. The Labute approximate surface area is 42.3 Å². The minimum absolute atomic E-state index is 0.0278. The Balaban J connectivity index is 2.65. The van der Waals surface area contributed by atoms with Crippen LogP contribution in [0.15, 0.2) is 24.8 Å². The number of rotatable bonds is 1. The van der Waals surface area contributed by atoms with Gasteiger partial charge in [-0.25, -0.2) is 0 Å². The fourth-order valence-electron chi connectivity index (χ4n) is 0.481. The Morgan fingerprint density at radius 3 is 2.57 bits per heavy atom. The predicted molar refractivity (Wildman–Crippen MR) is 27.8 cm³/mol. The molecular weight excluding hydrogens is 88.1 g/mol. The molecule has 7 heavy (non-hydrogen) atoms. The van der Waals surface area contributed by atoms with Gasteiger partial charge in [0.1, 0.15) is 0 Å². The minimum atomic E-state index is 0.0278. The van der Waals surface area contributed by atoms with Gasteiger partial charge in [-0.3, -0.25) is 4.79 Å². The van der Waals surface area contributed by atoms with Crippen molar-refractivity contribution in [1.82, 2.24) is 0 Å². The fourth-order valence-corrected chi connectivity index (χ4v) is 0.481. The smallest absolute Gasteiger partial charge is 0.166 e. The predicted octanol–water partition coefficient (Wildman–Crippen LogP) is 0.927. The summed E-state index contributed by atoms with van der Waals surface area (Å²) in [6, 6.07) is 0. The van der Waals surface area contributed by atoms with Gasteiger partial charge in [-0.15, -0.1) is 6.58 Å². The van der Waals surface area contributed by atoms with Gasteiger partial charge in [0, 0.05) is 0 Å². The summed E-state index contributed by atoms with van der Waals surface area (Å²) in [7, 11) is 0. The summed E-state index contributed by atoms with van der Waals surface area (Å²) in [5, 5.41) is 0. The van der Waals surface area contributed by atoms with E-state index in [1.54, 1.807) is 12.2 Å². The first-order valence-electron chi connectivity index (χ1n) is 2.19. The number of carbonyl (C=O) groups excluding carboxylic acids is 1. The van der Waals surface area contributed by atoms with Crippen LogP contribution in [0.5, 0.6) is 0 Å². The second kappa shape index (κ2) is 1.34. The van der Waals surface area contributed by atoms with Crippen LogP contribution in [-0.4, -0.2) is 5.78 Å². The van der Waals surface area contributed by atoms with Crippen molar-refractivity contribution in [3.8, 4) is 0 Å². The molecule has 1 unspecified atom stereocenters. The van der Waals surface area contributed by atoms with E-state index in [9.17, 15) is 4.79 Å². The maximum absolute atomic E-state index is 10.3. The summed E-state index contributed by atoms with van der Waals surface area (Å²) in [4.78, 5) is 10.3. The molecule has 1 heteroatoms. The van der Waals surface area contributed by atoms with Crippen LogP contribution >= 0.6 is 0 Å². The third-order valence-corrected chi connectivity index (χ3v) is 1.05. The molecule has 0 aromatic heterocycles. The highest BCUT2D eigenvalue weighted by atomic mass is 16.1. The summed E-state index contributed by atoms with van der Waals surface area (Å²) in [5.41, 5.74) is 0. The first kappa shape index (κ1) is 4.31. The summed E-state index contributed by atoms with van der Waals surface area (Å²) >= 11 is 0. The minimum Gasteiger partial charge on any atom is -0.294 e. The van der Waals surface area contributed by atoms with E-state index in [4.69, 9.17) is 0 Å². The van der Waals surface area contributed by atoms with Gasteiger partial charge in [-0.2, -0.15) is 0 Å². The van der Waals surface area contributed by atoms with Crippen molar-refractivity contribution < 1.29 is 4.79 Å². The molecule has 36 valence electrons. The van der Waals surface area contributed by atoms with E-state index in [0.717, 1.165) is 0 Å². The van der Waals surface area contributed by atoms with Gasteiger partial charge in [0.05, 0.1) is 5.92 Å². The van der Waals surface area contributed by atoms with E-state index in [2.05, 4.69) is 6.58 Å². The molecule has 1 rings (SSSR count). The highest BCUT2D eigenvalue weighted by Gasteiger charge is 2.15. The van der Waals surface area contributed by atoms with Gasteiger partial charge < -0.3 is 0 Å². The van der Waals surface area contributed by atoms with Crippen molar-refractivity contribution in [3.05, 3.63) is 24.8 Å². The Hall–Kier alpha value is -0.850. The highest BCUT2D eigenvalue weighted by molar-refractivity contribution is 6.00. The van der Waals surface area contributed by atoms with Crippen molar-refractivity contribution >= 4 is 5.78 Å². The molecule has 0 spiro atoms. The first-order valence-corrected chi connectivity index (χ1v) is 2.19. The van der Waals surface area contributed by atoms with Crippen LogP contribution in [-0.2, 0) is 4.79 Å². The average Bonchev–Trinajstić information content (AvgIpc) is 1.65. The van der Waals surface area contributed by atoms with Crippen LogP contribution in [0.4, 0.5) is 0 Å². The van der Waals surface area contributed by atoms with Gasteiger partial charge in [0.15, 0.2) is 5.78 Å². The zero-order chi connectivity index (χ0) is 5.28. The van der Waals surface area contributed by atoms with Crippen LogP contribution in [0, 0.1) is 5.92 Å². The molecule has 0 N–H and O–H groups in total. The molecule has 0 heterocycles. The van der Waals surface area contributed by atoms with Gasteiger partial charge in [-0.05, 0) is 6.08 Å². The lowest BCUT2D eigenvalue weighted by molar-refractivity contribution is -0.117. The Kier molecular flexibility index (Phi) is 0.823. The molecule has 0 aliphatic heterocycles. The van der Waals surface area contributed by atoms with E-state index in [-0.39, 0.29) is 11.7 Å². The monoisotopic (exact) mass is 94.0 g/mol. The maximum atomic E-state index is 10.3. The number of allylic oxidation sites excluding steroid dienone is 3. The van der Waals surface area contributed by atoms with E-state index >= 15 is 0 Å². The molecule has 0 saturated carbocycles. The maximum Gasteiger partial charge on any atom is 0.166 e. The van der Waals surface area contributed by atoms with E-state index < -0.39 is 0 Å². The molecule has 0 bridgehead atoms. The lowest BCUT2D eigenvalue weighted by Gasteiger charge is -2.08. The lowest BCUT2D eigenvalue weighted by atomic mass is 9.94. The number of hydrogen-bond acceptors (Lipinski definition) is 1. The van der Waals surface area contributed by atoms with Crippen molar-refractivity contribution in [1.29, 1.82) is 0 Å². The van der Waals surface area contributed by atoms with Gasteiger partial charge >= 0.3 is 0 Å². The van der Waals surface area contributed by atoms with Crippen molar-refractivity contribution in [2.75, 3.05) is 0 Å². The van der Waals surface area contributed by atoms with Crippen LogP contribution in [0.25, 0.3) is 0 Å². The Morgan fingerprint density at radius 1 is 1.86 bits per heavy atom. The third-order valence-electron chi connectivity index (χ3n) is 1.05. The molecule has 1 nitrogen and oxygen atoms in total. The average molecular weight is 94.1 g/mol. The number of carbonyl (C=O) groups is 1. The second-order valence-electron chi connectivity index (χ2n) is 1.52. The number of ketones is 1. The summed E-state index contributed by atoms with van der Waals surface area (Å²) in [6.45, 7) is 3.46. The normalized spacial score (nSPS) is 26.9. The molecule has 0 fully saturated rings. The van der Waals surface area contributed by atoms with Gasteiger partial charge in [0.2, 0.25) is 0 Å². The topological polar surface area (TPSA) is 17.1 Å². The SMILES string of the molecule is C=CC1C=CC1=O. The first-order chi connectivity index (χ1) is 3.34. The van der Waals surface area contributed by atoms with E-state index in [1.165, 1.54) is 0 Å². The molecule has 0 saturated heterocycles. The zero-order valence-corrected chi connectivity index (χ0v) is 3.92. The zero-order valence-electron chi connectivity index (χ0n) is 3.92. The number of hydrogen-bond donors (Lipinski definition) is 0. The summed E-state index contributed by atoms with van der Waals surface area (Å²) in [5.74, 6) is 0.204. The molecule has 0 radical (unpaired) electrons. The van der Waals surface area contributed by atoms with Crippen LogP contribution in [0.3, 0.4) is 0 Å². The molecule has 1 atom stereocenters. The second-order valence-corrected chi connectivity index (χ2v) is 1.52. The standard InChI is InChI=1S/C6H6O/c1-2-5-3-4-6(5)7/h2-5H,1H2. The fraction of sp³-hybridized carbons (Fsp3) is 0.167. The molecule has 0 aromatic carbocycles.